The van der Waals surface area contributed by atoms with Crippen LogP contribution in [0.4, 0.5) is 8.78 Å². The maximum atomic E-state index is 14.2. The summed E-state index contributed by atoms with van der Waals surface area (Å²) in [6, 6.07) is 6.53. The van der Waals surface area contributed by atoms with Gasteiger partial charge in [-0.15, -0.1) is 0 Å². The van der Waals surface area contributed by atoms with Crippen molar-refractivity contribution in [2.75, 3.05) is 6.54 Å². The lowest BCUT2D eigenvalue weighted by Gasteiger charge is -2.24. The summed E-state index contributed by atoms with van der Waals surface area (Å²) < 4.78 is 55.6. The molecule has 2 aromatic carbocycles. The minimum atomic E-state index is -4.03. The molecule has 0 aromatic heterocycles. The average molecular weight is 394 g/mol. The molecule has 1 aliphatic heterocycles. The van der Waals surface area contributed by atoms with E-state index >= 15 is 0 Å². The van der Waals surface area contributed by atoms with E-state index in [4.69, 9.17) is 0 Å². The Labute approximate surface area is 156 Å². The number of benzene rings is 2. The van der Waals surface area contributed by atoms with Crippen LogP contribution in [0.2, 0.25) is 0 Å². The summed E-state index contributed by atoms with van der Waals surface area (Å²) in [5, 5.41) is 2.68. The van der Waals surface area contributed by atoms with E-state index in [0.29, 0.717) is 18.5 Å². The number of hydrogen-bond donors (Lipinski definition) is 2. The van der Waals surface area contributed by atoms with Crippen LogP contribution in [0.5, 0.6) is 0 Å². The lowest BCUT2D eigenvalue weighted by Crippen LogP contribution is -2.34. The molecule has 0 aliphatic carbocycles. The minimum Gasteiger partial charge on any atom is -0.352 e. The number of rotatable bonds is 5. The van der Waals surface area contributed by atoms with Gasteiger partial charge in [0.1, 0.15) is 11.6 Å². The number of amides is 1. The number of nitrogens with one attached hydrogen (secondary N) is 2. The van der Waals surface area contributed by atoms with Gasteiger partial charge in [-0.2, -0.15) is 0 Å². The van der Waals surface area contributed by atoms with Crippen molar-refractivity contribution >= 4 is 15.9 Å². The molecule has 0 spiro atoms. The van der Waals surface area contributed by atoms with Crippen LogP contribution in [0.3, 0.4) is 0 Å². The van der Waals surface area contributed by atoms with Crippen molar-refractivity contribution in [1.29, 1.82) is 0 Å². The molecule has 2 aromatic rings. The van der Waals surface area contributed by atoms with Gasteiger partial charge in [0.05, 0.1) is 10.9 Å². The van der Waals surface area contributed by atoms with E-state index in [9.17, 15) is 22.0 Å². The van der Waals surface area contributed by atoms with Crippen LogP contribution in [0.25, 0.3) is 0 Å². The zero-order valence-electron chi connectivity index (χ0n) is 14.9. The van der Waals surface area contributed by atoms with Crippen molar-refractivity contribution in [2.45, 2.75) is 31.2 Å². The highest BCUT2D eigenvalue weighted by molar-refractivity contribution is 7.89. The van der Waals surface area contributed by atoms with Gasteiger partial charge >= 0.3 is 0 Å². The van der Waals surface area contributed by atoms with Gasteiger partial charge in [-0.25, -0.2) is 21.9 Å². The molecule has 0 bridgehead atoms. The number of fused-ring (bicyclic) bond motifs is 1. The fourth-order valence-electron chi connectivity index (χ4n) is 3.11. The van der Waals surface area contributed by atoms with Gasteiger partial charge in [0.25, 0.3) is 5.91 Å². The molecule has 3 rings (SSSR count). The SMILES string of the molecule is CC(C)[C@H](NS(=O)(=O)c1ccc2c(c1)C(=O)NCC2)c1ccc(F)cc1F. The summed E-state index contributed by atoms with van der Waals surface area (Å²) in [5.74, 6) is -2.16. The summed E-state index contributed by atoms with van der Waals surface area (Å²) in [5.41, 5.74) is 1.16. The van der Waals surface area contributed by atoms with E-state index in [2.05, 4.69) is 10.0 Å². The largest absolute Gasteiger partial charge is 0.352 e. The Morgan fingerprint density at radius 3 is 2.52 bits per heavy atom. The van der Waals surface area contributed by atoms with Gasteiger partial charge < -0.3 is 5.32 Å². The lowest BCUT2D eigenvalue weighted by atomic mass is 9.96. The maximum Gasteiger partial charge on any atom is 0.251 e. The molecule has 0 fully saturated rings. The molecule has 8 heteroatoms. The predicted octanol–water partition coefficient (Wildman–Crippen LogP) is 2.93. The van der Waals surface area contributed by atoms with Crippen LogP contribution < -0.4 is 10.0 Å². The smallest absolute Gasteiger partial charge is 0.251 e. The summed E-state index contributed by atoms with van der Waals surface area (Å²) in [7, 11) is -4.03. The number of carbonyl (C=O) groups excluding carboxylic acids is 1. The summed E-state index contributed by atoms with van der Waals surface area (Å²) in [6.07, 6.45) is 0.629. The number of sulfonamides is 1. The van der Waals surface area contributed by atoms with E-state index in [-0.39, 0.29) is 22.3 Å². The zero-order valence-corrected chi connectivity index (χ0v) is 15.7. The highest BCUT2D eigenvalue weighted by atomic mass is 32.2. The zero-order chi connectivity index (χ0) is 19.8. The second kappa shape index (κ2) is 7.36. The molecule has 144 valence electrons. The Morgan fingerprint density at radius 2 is 1.85 bits per heavy atom. The van der Waals surface area contributed by atoms with E-state index in [1.165, 1.54) is 18.2 Å². The van der Waals surface area contributed by atoms with Crippen molar-refractivity contribution in [2.24, 2.45) is 5.92 Å². The van der Waals surface area contributed by atoms with E-state index in [1.54, 1.807) is 19.9 Å². The van der Waals surface area contributed by atoms with Crippen molar-refractivity contribution in [3.63, 3.8) is 0 Å². The molecule has 5 nitrogen and oxygen atoms in total. The first-order valence-corrected chi connectivity index (χ1v) is 10.1. The summed E-state index contributed by atoms with van der Waals surface area (Å²) in [4.78, 5) is 11.9. The third kappa shape index (κ3) is 4.01. The second-order valence-electron chi connectivity index (χ2n) is 6.83. The Hall–Kier alpha value is -2.32. The van der Waals surface area contributed by atoms with Gasteiger partial charge in [0, 0.05) is 23.7 Å². The molecule has 1 heterocycles. The third-order valence-corrected chi connectivity index (χ3v) is 6.00. The topological polar surface area (TPSA) is 75.3 Å². The van der Waals surface area contributed by atoms with E-state index in [1.807, 2.05) is 0 Å². The van der Waals surface area contributed by atoms with Crippen LogP contribution in [-0.4, -0.2) is 20.9 Å². The Morgan fingerprint density at radius 1 is 1.11 bits per heavy atom. The fourth-order valence-corrected chi connectivity index (χ4v) is 4.50. The summed E-state index contributed by atoms with van der Waals surface area (Å²) in [6.45, 7) is 3.97. The van der Waals surface area contributed by atoms with E-state index < -0.39 is 27.7 Å². The highest BCUT2D eigenvalue weighted by Gasteiger charge is 2.28. The molecular weight excluding hydrogens is 374 g/mol. The third-order valence-electron chi connectivity index (χ3n) is 4.56. The molecule has 2 N–H and O–H groups in total. The first kappa shape index (κ1) is 19.4. The van der Waals surface area contributed by atoms with Gasteiger partial charge in [-0.3, -0.25) is 4.79 Å². The van der Waals surface area contributed by atoms with Crippen molar-refractivity contribution in [3.8, 4) is 0 Å². The first-order valence-electron chi connectivity index (χ1n) is 8.57. The monoisotopic (exact) mass is 394 g/mol. The van der Waals surface area contributed by atoms with Gasteiger partial charge in [-0.1, -0.05) is 26.0 Å². The molecule has 0 unspecified atom stereocenters. The number of halogens is 2. The predicted molar refractivity (Wildman–Crippen MR) is 96.7 cm³/mol. The molecule has 0 saturated carbocycles. The van der Waals surface area contributed by atoms with Gasteiger partial charge in [-0.05, 0) is 36.1 Å². The minimum absolute atomic E-state index is 0.0608. The van der Waals surface area contributed by atoms with Gasteiger partial charge in [0.15, 0.2) is 0 Å². The quantitative estimate of drug-likeness (QED) is 0.819. The van der Waals surface area contributed by atoms with Crippen molar-refractivity contribution in [1.82, 2.24) is 10.0 Å². The Balaban J connectivity index is 1.96. The van der Waals surface area contributed by atoms with Crippen LogP contribution >= 0.6 is 0 Å². The van der Waals surface area contributed by atoms with Crippen LogP contribution in [0.15, 0.2) is 41.3 Å². The molecule has 27 heavy (non-hydrogen) atoms. The molecular formula is C19H20F2N2O3S. The first-order chi connectivity index (χ1) is 12.7. The Bertz CT molecular complexity index is 990. The molecule has 1 amide bonds. The van der Waals surface area contributed by atoms with Crippen LogP contribution in [0.1, 0.15) is 41.4 Å². The molecule has 0 radical (unpaired) electrons. The molecule has 1 atom stereocenters. The molecule has 0 saturated heterocycles. The highest BCUT2D eigenvalue weighted by Crippen LogP contribution is 2.28. The number of carbonyl (C=O) groups is 1. The standard InChI is InChI=1S/C19H20F2N2O3S/c1-11(2)18(15-6-4-13(20)9-17(15)21)23-27(25,26)14-5-3-12-7-8-22-19(24)16(12)10-14/h3-6,9-11,18,23H,7-8H2,1-2H3,(H,22,24)/t18-/m0/s1. The van der Waals surface area contributed by atoms with Gasteiger partial charge in [0.2, 0.25) is 10.0 Å². The van der Waals surface area contributed by atoms with Crippen LogP contribution in [-0.2, 0) is 16.4 Å². The lowest BCUT2D eigenvalue weighted by molar-refractivity contribution is 0.0945. The van der Waals surface area contributed by atoms with E-state index in [0.717, 1.165) is 17.7 Å². The fraction of sp³-hybridized carbons (Fsp3) is 0.316. The second-order valence-corrected chi connectivity index (χ2v) is 8.55. The van der Waals surface area contributed by atoms with Crippen LogP contribution in [0, 0.1) is 17.6 Å². The number of hydrogen-bond acceptors (Lipinski definition) is 3. The maximum absolute atomic E-state index is 14.2. The average Bonchev–Trinajstić information content (AvgIpc) is 2.60. The summed E-state index contributed by atoms with van der Waals surface area (Å²) >= 11 is 0. The molecule has 1 aliphatic rings. The normalized spacial score (nSPS) is 15.4. The van der Waals surface area contributed by atoms with Crippen molar-refractivity contribution in [3.05, 3.63) is 64.7 Å². The van der Waals surface area contributed by atoms with Crippen molar-refractivity contribution < 1.29 is 22.0 Å². The Kier molecular flexibility index (Phi) is 5.30.